The lowest BCUT2D eigenvalue weighted by atomic mass is 10.1. The van der Waals surface area contributed by atoms with E-state index in [2.05, 4.69) is 0 Å². The highest BCUT2D eigenvalue weighted by Gasteiger charge is 2.33. The fourth-order valence-corrected chi connectivity index (χ4v) is 4.16. The van der Waals surface area contributed by atoms with Crippen LogP contribution in [0.15, 0.2) is 23.1 Å². The second-order valence-corrected chi connectivity index (χ2v) is 6.74. The Hall–Kier alpha value is -1.31. The molecule has 0 bridgehead atoms. The Balaban J connectivity index is 2.38. The molecular formula is C13H20N2O4S. The van der Waals surface area contributed by atoms with Crippen molar-refractivity contribution in [1.82, 2.24) is 4.31 Å². The van der Waals surface area contributed by atoms with E-state index in [4.69, 9.17) is 10.5 Å². The van der Waals surface area contributed by atoms with Gasteiger partial charge >= 0.3 is 0 Å². The van der Waals surface area contributed by atoms with Gasteiger partial charge in [-0.3, -0.25) is 0 Å². The fourth-order valence-electron chi connectivity index (χ4n) is 2.46. The number of piperidine rings is 1. The molecule has 1 unspecified atom stereocenters. The highest BCUT2D eigenvalue weighted by Crippen LogP contribution is 2.29. The molecule has 0 spiro atoms. The molecular weight excluding hydrogens is 280 g/mol. The molecule has 0 aromatic heterocycles. The van der Waals surface area contributed by atoms with Crippen LogP contribution >= 0.6 is 0 Å². The minimum Gasteiger partial charge on any atom is -0.495 e. The predicted octanol–water partition coefficient (Wildman–Crippen LogP) is 0.813. The number of methoxy groups -OCH3 is 1. The van der Waals surface area contributed by atoms with Crippen LogP contribution in [0, 0.1) is 0 Å². The van der Waals surface area contributed by atoms with Gasteiger partial charge in [-0.15, -0.1) is 0 Å². The van der Waals surface area contributed by atoms with Crippen molar-refractivity contribution in [3.05, 3.63) is 18.2 Å². The van der Waals surface area contributed by atoms with Crippen LogP contribution in [0.2, 0.25) is 0 Å². The summed E-state index contributed by atoms with van der Waals surface area (Å²) in [6.07, 6.45) is 2.42. The second-order valence-electron chi connectivity index (χ2n) is 4.85. The Morgan fingerprint density at radius 2 is 2.20 bits per heavy atom. The van der Waals surface area contributed by atoms with Crippen molar-refractivity contribution in [2.45, 2.75) is 30.2 Å². The van der Waals surface area contributed by atoms with Gasteiger partial charge in [0.05, 0.1) is 24.3 Å². The van der Waals surface area contributed by atoms with Crippen LogP contribution in [0.4, 0.5) is 5.69 Å². The van der Waals surface area contributed by atoms with Crippen molar-refractivity contribution in [1.29, 1.82) is 0 Å². The predicted molar refractivity (Wildman–Crippen MR) is 76.0 cm³/mol. The maximum atomic E-state index is 12.7. The largest absolute Gasteiger partial charge is 0.495 e. The third kappa shape index (κ3) is 2.74. The van der Waals surface area contributed by atoms with E-state index in [0.29, 0.717) is 24.4 Å². The van der Waals surface area contributed by atoms with Crippen LogP contribution < -0.4 is 10.5 Å². The molecule has 1 fully saturated rings. The molecule has 3 N–H and O–H groups in total. The standard InChI is InChI=1S/C13H20N2O4S/c1-19-13-8-11(5-6-12(13)14)20(17,18)15-7-3-2-4-10(15)9-16/h5-6,8,10,16H,2-4,7,9,14H2,1H3. The number of benzene rings is 1. The molecule has 2 rings (SSSR count). The third-order valence-electron chi connectivity index (χ3n) is 3.60. The van der Waals surface area contributed by atoms with Crippen molar-refractivity contribution in [2.75, 3.05) is 26.0 Å². The minimum atomic E-state index is -3.63. The van der Waals surface area contributed by atoms with E-state index in [1.54, 1.807) is 0 Å². The first-order valence-corrected chi connectivity index (χ1v) is 8.01. The molecule has 0 saturated carbocycles. The Kier molecular flexibility index (Phi) is 4.52. The van der Waals surface area contributed by atoms with Gasteiger partial charge < -0.3 is 15.6 Å². The van der Waals surface area contributed by atoms with Crippen LogP contribution in [0.1, 0.15) is 19.3 Å². The van der Waals surface area contributed by atoms with E-state index in [9.17, 15) is 13.5 Å². The molecule has 1 atom stereocenters. The molecule has 0 radical (unpaired) electrons. The van der Waals surface area contributed by atoms with Crippen LogP contribution in [0.5, 0.6) is 5.75 Å². The van der Waals surface area contributed by atoms with Crippen molar-refractivity contribution in [3.8, 4) is 5.75 Å². The average Bonchev–Trinajstić information content (AvgIpc) is 2.47. The van der Waals surface area contributed by atoms with E-state index in [-0.39, 0.29) is 17.5 Å². The van der Waals surface area contributed by atoms with Gasteiger partial charge in [-0.05, 0) is 25.0 Å². The SMILES string of the molecule is COc1cc(S(=O)(=O)N2CCCCC2CO)ccc1N. The van der Waals surface area contributed by atoms with Gasteiger partial charge in [0.2, 0.25) is 10.0 Å². The number of sulfonamides is 1. The lowest BCUT2D eigenvalue weighted by molar-refractivity contribution is 0.155. The molecule has 6 nitrogen and oxygen atoms in total. The summed E-state index contributed by atoms with van der Waals surface area (Å²) >= 11 is 0. The molecule has 20 heavy (non-hydrogen) atoms. The molecule has 1 heterocycles. The number of hydrogen-bond acceptors (Lipinski definition) is 5. The lowest BCUT2D eigenvalue weighted by Crippen LogP contribution is -2.45. The van der Waals surface area contributed by atoms with E-state index < -0.39 is 10.0 Å². The van der Waals surface area contributed by atoms with Crippen LogP contribution in [-0.4, -0.2) is 44.1 Å². The van der Waals surface area contributed by atoms with Gasteiger partial charge in [0, 0.05) is 18.7 Å². The van der Waals surface area contributed by atoms with Crippen LogP contribution in [-0.2, 0) is 10.0 Å². The first kappa shape index (κ1) is 15.1. The van der Waals surface area contributed by atoms with E-state index >= 15 is 0 Å². The summed E-state index contributed by atoms with van der Waals surface area (Å²) in [6, 6.07) is 4.06. The van der Waals surface area contributed by atoms with Gasteiger partial charge in [-0.2, -0.15) is 4.31 Å². The smallest absolute Gasteiger partial charge is 0.243 e. The zero-order valence-corrected chi connectivity index (χ0v) is 12.3. The van der Waals surface area contributed by atoms with Gasteiger partial charge in [-0.25, -0.2) is 8.42 Å². The molecule has 112 valence electrons. The first-order chi connectivity index (χ1) is 9.50. The van der Waals surface area contributed by atoms with Crippen molar-refractivity contribution in [2.24, 2.45) is 0 Å². The van der Waals surface area contributed by atoms with Crippen molar-refractivity contribution < 1.29 is 18.3 Å². The highest BCUT2D eigenvalue weighted by atomic mass is 32.2. The molecule has 0 amide bonds. The van der Waals surface area contributed by atoms with Gasteiger partial charge in [-0.1, -0.05) is 6.42 Å². The van der Waals surface area contributed by atoms with Crippen LogP contribution in [0.3, 0.4) is 0 Å². The number of hydrogen-bond donors (Lipinski definition) is 2. The normalized spacial score (nSPS) is 20.8. The van der Waals surface area contributed by atoms with Crippen molar-refractivity contribution in [3.63, 3.8) is 0 Å². The summed E-state index contributed by atoms with van der Waals surface area (Å²) in [4.78, 5) is 0.143. The van der Waals surface area contributed by atoms with Crippen molar-refractivity contribution >= 4 is 15.7 Å². The summed E-state index contributed by atoms with van der Waals surface area (Å²) in [5.74, 6) is 0.337. The lowest BCUT2D eigenvalue weighted by Gasteiger charge is -2.33. The van der Waals surface area contributed by atoms with Gasteiger partial charge in [0.1, 0.15) is 5.75 Å². The first-order valence-electron chi connectivity index (χ1n) is 6.57. The quantitative estimate of drug-likeness (QED) is 0.803. The number of nitrogens with two attached hydrogens (primary N) is 1. The third-order valence-corrected chi connectivity index (χ3v) is 5.54. The van der Waals surface area contributed by atoms with E-state index in [1.165, 1.54) is 29.6 Å². The fraction of sp³-hybridized carbons (Fsp3) is 0.538. The number of ether oxygens (including phenoxy) is 1. The topological polar surface area (TPSA) is 92.9 Å². The van der Waals surface area contributed by atoms with E-state index in [1.807, 2.05) is 0 Å². The minimum absolute atomic E-state index is 0.143. The average molecular weight is 300 g/mol. The zero-order chi connectivity index (χ0) is 14.8. The molecule has 0 aliphatic carbocycles. The van der Waals surface area contributed by atoms with Gasteiger partial charge in [0.15, 0.2) is 0 Å². The Bertz CT molecular complexity index is 574. The number of nitrogens with zero attached hydrogens (tertiary/aromatic N) is 1. The zero-order valence-electron chi connectivity index (χ0n) is 11.4. The summed E-state index contributed by atoms with van der Waals surface area (Å²) in [6.45, 7) is 0.269. The maximum absolute atomic E-state index is 12.7. The summed E-state index contributed by atoms with van der Waals surface area (Å²) < 4.78 is 31.7. The van der Waals surface area contributed by atoms with Crippen LogP contribution in [0.25, 0.3) is 0 Å². The molecule has 1 aromatic carbocycles. The second kappa shape index (κ2) is 5.99. The monoisotopic (exact) mass is 300 g/mol. The van der Waals surface area contributed by atoms with Gasteiger partial charge in [0.25, 0.3) is 0 Å². The molecule has 1 aliphatic rings. The number of anilines is 1. The van der Waals surface area contributed by atoms with E-state index in [0.717, 1.165) is 12.8 Å². The Morgan fingerprint density at radius 1 is 1.45 bits per heavy atom. The maximum Gasteiger partial charge on any atom is 0.243 e. The summed E-state index contributed by atoms with van der Waals surface area (Å²) in [7, 11) is -2.19. The summed E-state index contributed by atoms with van der Waals surface area (Å²) in [5.41, 5.74) is 6.09. The molecule has 1 saturated heterocycles. The number of nitrogen functional groups attached to an aromatic ring is 1. The summed E-state index contributed by atoms with van der Waals surface area (Å²) in [5, 5.41) is 9.37. The Labute approximate surface area is 119 Å². The molecule has 1 aliphatic heterocycles. The number of aliphatic hydroxyl groups excluding tert-OH is 1. The highest BCUT2D eigenvalue weighted by molar-refractivity contribution is 7.89. The Morgan fingerprint density at radius 3 is 2.85 bits per heavy atom. The molecule has 7 heteroatoms. The number of aliphatic hydroxyl groups is 1. The number of rotatable bonds is 4. The molecule has 1 aromatic rings.